The smallest absolute Gasteiger partial charge is 0.234 e. The van der Waals surface area contributed by atoms with Crippen LogP contribution in [-0.4, -0.2) is 26.2 Å². The topological polar surface area (TPSA) is 101 Å². The molecule has 1 atom stereocenters. The van der Waals surface area contributed by atoms with Gasteiger partial charge in [-0.2, -0.15) is 5.26 Å². The molecular weight excluding hydrogens is 402 g/mol. The summed E-state index contributed by atoms with van der Waals surface area (Å²) in [4.78, 5) is 33.0. The number of hydrogen-bond donors (Lipinski definition) is 1. The summed E-state index contributed by atoms with van der Waals surface area (Å²) in [5.74, 6) is -0.528. The Hall–Kier alpha value is -3.79. The lowest BCUT2D eigenvalue weighted by Gasteiger charge is -2.15. The van der Waals surface area contributed by atoms with Crippen LogP contribution in [0.5, 0.6) is 0 Å². The molecule has 0 aromatic carbocycles. The molecule has 1 aliphatic heterocycles. The van der Waals surface area contributed by atoms with Crippen molar-refractivity contribution in [3.63, 3.8) is 0 Å². The van der Waals surface area contributed by atoms with Gasteiger partial charge in [0.15, 0.2) is 5.78 Å². The first kappa shape index (κ1) is 21.4. The Morgan fingerprint density at radius 1 is 1.25 bits per heavy atom. The first-order valence-corrected chi connectivity index (χ1v) is 10.6. The summed E-state index contributed by atoms with van der Waals surface area (Å²) in [5.41, 5.74) is 4.63. The normalized spacial score (nSPS) is 15.0. The molecule has 0 bridgehead atoms. The predicted molar refractivity (Wildman–Crippen MR) is 121 cm³/mol. The van der Waals surface area contributed by atoms with E-state index in [1.54, 1.807) is 31.3 Å². The monoisotopic (exact) mass is 427 g/mol. The van der Waals surface area contributed by atoms with Crippen LogP contribution in [0.1, 0.15) is 61.2 Å². The molecular formula is C25H25N5O2. The van der Waals surface area contributed by atoms with Crippen LogP contribution in [0.3, 0.4) is 0 Å². The van der Waals surface area contributed by atoms with Crippen molar-refractivity contribution in [1.29, 1.82) is 5.26 Å². The fourth-order valence-corrected chi connectivity index (χ4v) is 4.16. The Morgan fingerprint density at radius 3 is 2.75 bits per heavy atom. The Labute approximate surface area is 187 Å². The van der Waals surface area contributed by atoms with E-state index in [1.807, 2.05) is 18.2 Å². The minimum absolute atomic E-state index is 0.0951. The van der Waals surface area contributed by atoms with Gasteiger partial charge in [0, 0.05) is 30.9 Å². The van der Waals surface area contributed by atoms with E-state index in [9.17, 15) is 14.9 Å². The molecule has 0 saturated heterocycles. The van der Waals surface area contributed by atoms with Crippen molar-refractivity contribution in [3.05, 3.63) is 65.4 Å². The molecule has 0 aliphatic carbocycles. The first-order valence-electron chi connectivity index (χ1n) is 10.6. The number of Topliss-reactive ketones (excluding diaryl/α,β-unsaturated/α-hetero) is 1. The third-order valence-electron chi connectivity index (χ3n) is 5.85. The molecule has 4 heterocycles. The van der Waals surface area contributed by atoms with Crippen molar-refractivity contribution in [2.45, 2.75) is 46.6 Å². The highest BCUT2D eigenvalue weighted by molar-refractivity contribution is 5.96. The van der Waals surface area contributed by atoms with Gasteiger partial charge in [0.05, 0.1) is 11.6 Å². The SMILES string of the molecule is CC(=O)c1cccc(C(C)C(=O)Nc2cc(-c3cc(C#N)n4c3CC(C)(C)C4)ccn2)n1. The van der Waals surface area contributed by atoms with E-state index in [-0.39, 0.29) is 17.1 Å². The number of nitrogens with one attached hydrogen (secondary N) is 1. The number of carbonyl (C=O) groups is 2. The van der Waals surface area contributed by atoms with Gasteiger partial charge in [0.25, 0.3) is 0 Å². The predicted octanol–water partition coefficient (Wildman–Crippen LogP) is 4.34. The lowest BCUT2D eigenvalue weighted by Crippen LogP contribution is -2.20. The van der Waals surface area contributed by atoms with Crippen molar-refractivity contribution in [3.8, 4) is 17.2 Å². The van der Waals surface area contributed by atoms with E-state index in [0.29, 0.717) is 22.9 Å². The number of carbonyl (C=O) groups excluding carboxylic acids is 2. The molecule has 7 heteroatoms. The molecule has 0 spiro atoms. The van der Waals surface area contributed by atoms with E-state index >= 15 is 0 Å². The zero-order valence-corrected chi connectivity index (χ0v) is 18.6. The number of pyridine rings is 2. The van der Waals surface area contributed by atoms with Gasteiger partial charge in [-0.1, -0.05) is 19.9 Å². The molecule has 7 nitrogen and oxygen atoms in total. The van der Waals surface area contributed by atoms with Crippen molar-refractivity contribution in [2.24, 2.45) is 5.41 Å². The molecule has 0 saturated carbocycles. The largest absolute Gasteiger partial charge is 0.335 e. The number of fused-ring (bicyclic) bond motifs is 1. The molecule has 4 rings (SSSR count). The molecule has 3 aromatic heterocycles. The van der Waals surface area contributed by atoms with Gasteiger partial charge in [-0.05, 0) is 54.7 Å². The average molecular weight is 428 g/mol. The van der Waals surface area contributed by atoms with Crippen LogP contribution in [0.25, 0.3) is 11.1 Å². The van der Waals surface area contributed by atoms with Crippen LogP contribution in [-0.2, 0) is 17.8 Å². The molecule has 32 heavy (non-hydrogen) atoms. The van der Waals surface area contributed by atoms with Gasteiger partial charge in [-0.3, -0.25) is 9.59 Å². The summed E-state index contributed by atoms with van der Waals surface area (Å²) in [6.07, 6.45) is 2.53. The summed E-state index contributed by atoms with van der Waals surface area (Å²) in [7, 11) is 0. The number of aromatic nitrogens is 3. The Balaban J connectivity index is 1.59. The third-order valence-corrected chi connectivity index (χ3v) is 5.85. The maximum absolute atomic E-state index is 12.8. The molecule has 1 unspecified atom stereocenters. The fourth-order valence-electron chi connectivity index (χ4n) is 4.16. The quantitative estimate of drug-likeness (QED) is 0.610. The molecule has 162 valence electrons. The van der Waals surface area contributed by atoms with Gasteiger partial charge in [0.2, 0.25) is 5.91 Å². The van der Waals surface area contributed by atoms with Gasteiger partial charge in [0.1, 0.15) is 23.3 Å². The second-order valence-electron chi connectivity index (χ2n) is 9.07. The standard InChI is InChI=1S/C25H25N5O2/c1-15(20-6-5-7-21(28-20)16(2)31)24(32)29-23-10-17(8-9-27-23)19-11-18(13-26)30-14-25(3,4)12-22(19)30/h5-11,15H,12,14H2,1-4H3,(H,27,29,32). The third kappa shape index (κ3) is 4.04. The van der Waals surface area contributed by atoms with Crippen molar-refractivity contribution >= 4 is 17.5 Å². The fraction of sp³-hybridized carbons (Fsp3) is 0.320. The van der Waals surface area contributed by atoms with Gasteiger partial charge < -0.3 is 9.88 Å². The Bertz CT molecular complexity index is 1270. The number of ketones is 1. The number of hydrogen-bond acceptors (Lipinski definition) is 5. The molecule has 0 radical (unpaired) electrons. The zero-order chi connectivity index (χ0) is 23.0. The van der Waals surface area contributed by atoms with E-state index in [1.165, 1.54) is 6.92 Å². The summed E-state index contributed by atoms with van der Waals surface area (Å²) < 4.78 is 2.09. The van der Waals surface area contributed by atoms with Crippen LogP contribution in [0, 0.1) is 16.7 Å². The summed E-state index contributed by atoms with van der Waals surface area (Å²) in [6.45, 7) is 8.39. The van der Waals surface area contributed by atoms with E-state index < -0.39 is 5.92 Å². The maximum atomic E-state index is 12.8. The van der Waals surface area contributed by atoms with Gasteiger partial charge in [-0.25, -0.2) is 9.97 Å². The van der Waals surface area contributed by atoms with Crippen LogP contribution in [0.2, 0.25) is 0 Å². The van der Waals surface area contributed by atoms with Crippen LogP contribution < -0.4 is 5.32 Å². The molecule has 1 amide bonds. The van der Waals surface area contributed by atoms with Gasteiger partial charge >= 0.3 is 0 Å². The molecule has 1 aliphatic rings. The number of nitriles is 1. The highest BCUT2D eigenvalue weighted by Gasteiger charge is 2.33. The molecule has 3 aromatic rings. The van der Waals surface area contributed by atoms with E-state index in [4.69, 9.17) is 0 Å². The van der Waals surface area contributed by atoms with E-state index in [0.717, 1.165) is 29.8 Å². The average Bonchev–Trinajstić information content (AvgIpc) is 3.26. The summed E-state index contributed by atoms with van der Waals surface area (Å²) in [5, 5.41) is 12.4. The molecule has 0 fully saturated rings. The first-order chi connectivity index (χ1) is 15.2. The minimum atomic E-state index is -0.551. The lowest BCUT2D eigenvalue weighted by molar-refractivity contribution is -0.117. The van der Waals surface area contributed by atoms with Crippen LogP contribution >= 0.6 is 0 Å². The van der Waals surface area contributed by atoms with E-state index in [2.05, 4.69) is 39.8 Å². The second-order valence-corrected chi connectivity index (χ2v) is 9.07. The van der Waals surface area contributed by atoms with Crippen molar-refractivity contribution < 1.29 is 9.59 Å². The number of amides is 1. The number of rotatable bonds is 5. The summed E-state index contributed by atoms with van der Waals surface area (Å²) in [6, 6.07) is 13.0. The minimum Gasteiger partial charge on any atom is -0.335 e. The Kier molecular flexibility index (Phi) is 5.39. The van der Waals surface area contributed by atoms with Gasteiger partial charge in [-0.15, -0.1) is 0 Å². The highest BCUT2D eigenvalue weighted by Crippen LogP contribution is 2.40. The maximum Gasteiger partial charge on any atom is 0.234 e. The number of nitrogens with zero attached hydrogens (tertiary/aromatic N) is 4. The number of anilines is 1. The van der Waals surface area contributed by atoms with Crippen LogP contribution in [0.15, 0.2) is 42.6 Å². The van der Waals surface area contributed by atoms with Crippen molar-refractivity contribution in [1.82, 2.24) is 14.5 Å². The second kappa shape index (κ2) is 8.04. The zero-order valence-electron chi connectivity index (χ0n) is 18.6. The lowest BCUT2D eigenvalue weighted by atomic mass is 9.89. The highest BCUT2D eigenvalue weighted by atomic mass is 16.2. The molecule has 1 N–H and O–H groups in total. The summed E-state index contributed by atoms with van der Waals surface area (Å²) >= 11 is 0. The van der Waals surface area contributed by atoms with Crippen LogP contribution in [0.4, 0.5) is 5.82 Å². The van der Waals surface area contributed by atoms with Crippen molar-refractivity contribution in [2.75, 3.05) is 5.32 Å². The Morgan fingerprint density at radius 2 is 2.03 bits per heavy atom.